The van der Waals surface area contributed by atoms with Crippen molar-refractivity contribution in [3.05, 3.63) is 41.7 Å². The minimum absolute atomic E-state index is 0.0105. The summed E-state index contributed by atoms with van der Waals surface area (Å²) >= 11 is 0. The van der Waals surface area contributed by atoms with E-state index in [4.69, 9.17) is 4.74 Å². The summed E-state index contributed by atoms with van der Waals surface area (Å²) in [5.74, 6) is 0.231. The van der Waals surface area contributed by atoms with E-state index in [1.54, 1.807) is 19.1 Å². The highest BCUT2D eigenvalue weighted by atomic mass is 16.5. The molecule has 0 fully saturated rings. The van der Waals surface area contributed by atoms with Gasteiger partial charge in [0, 0.05) is 18.8 Å². The van der Waals surface area contributed by atoms with Gasteiger partial charge >= 0.3 is 0 Å². The van der Waals surface area contributed by atoms with Crippen LogP contribution in [-0.4, -0.2) is 40.8 Å². The number of para-hydroxylation sites is 2. The third-order valence-corrected chi connectivity index (χ3v) is 4.35. The zero-order chi connectivity index (χ0) is 18.7. The van der Waals surface area contributed by atoms with Gasteiger partial charge in [0.2, 0.25) is 5.91 Å². The Hall–Kier alpha value is -2.83. The predicted molar refractivity (Wildman–Crippen MR) is 98.2 cm³/mol. The molecule has 0 radical (unpaired) electrons. The molecule has 3 rings (SSSR count). The summed E-state index contributed by atoms with van der Waals surface area (Å²) in [4.78, 5) is 26.2. The highest BCUT2D eigenvalue weighted by molar-refractivity contribution is 6.03. The first kappa shape index (κ1) is 18.0. The van der Waals surface area contributed by atoms with Gasteiger partial charge in [0.05, 0.1) is 11.4 Å². The first-order chi connectivity index (χ1) is 12.5. The Morgan fingerprint density at radius 2 is 2.08 bits per heavy atom. The number of amides is 2. The van der Waals surface area contributed by atoms with Crippen LogP contribution in [0.5, 0.6) is 5.75 Å². The maximum absolute atomic E-state index is 12.4. The van der Waals surface area contributed by atoms with Crippen LogP contribution in [0.2, 0.25) is 0 Å². The minimum atomic E-state index is -0.594. The van der Waals surface area contributed by atoms with E-state index >= 15 is 0 Å². The summed E-state index contributed by atoms with van der Waals surface area (Å²) in [6, 6.07) is 9.29. The molecule has 7 nitrogen and oxygen atoms in total. The summed E-state index contributed by atoms with van der Waals surface area (Å²) in [7, 11) is 0. The van der Waals surface area contributed by atoms with Crippen LogP contribution in [0.4, 0.5) is 5.69 Å². The predicted octanol–water partition coefficient (Wildman–Crippen LogP) is 1.82. The maximum atomic E-state index is 12.4. The van der Waals surface area contributed by atoms with Crippen LogP contribution in [0.25, 0.3) is 0 Å². The van der Waals surface area contributed by atoms with Crippen LogP contribution in [0.15, 0.2) is 30.3 Å². The first-order valence-corrected chi connectivity index (χ1v) is 8.80. The Bertz CT molecular complexity index is 815. The molecule has 0 spiro atoms. The fourth-order valence-electron chi connectivity index (χ4n) is 3.08. The van der Waals surface area contributed by atoms with Gasteiger partial charge in [-0.2, -0.15) is 5.10 Å². The van der Waals surface area contributed by atoms with Crippen molar-refractivity contribution in [1.29, 1.82) is 0 Å². The number of fused-ring (bicyclic) bond motifs is 1. The van der Waals surface area contributed by atoms with Crippen molar-refractivity contribution in [1.82, 2.24) is 15.1 Å². The quantitative estimate of drug-likeness (QED) is 0.801. The van der Waals surface area contributed by atoms with Gasteiger partial charge in [-0.15, -0.1) is 0 Å². The molecular formula is C19H24N4O3. The fraction of sp³-hybridized carbons (Fsp3) is 0.421. The second-order valence-corrected chi connectivity index (χ2v) is 6.51. The Morgan fingerprint density at radius 3 is 2.81 bits per heavy atom. The smallest absolute Gasteiger partial charge is 0.268 e. The van der Waals surface area contributed by atoms with Gasteiger partial charge in [0.15, 0.2) is 6.10 Å². The lowest BCUT2D eigenvalue weighted by Crippen LogP contribution is -2.48. The van der Waals surface area contributed by atoms with E-state index < -0.39 is 6.10 Å². The molecule has 2 amide bonds. The fourth-order valence-corrected chi connectivity index (χ4v) is 3.08. The summed E-state index contributed by atoms with van der Waals surface area (Å²) in [6.07, 6.45) is 0.182. The number of anilines is 1. The molecule has 7 heteroatoms. The minimum Gasteiger partial charge on any atom is -0.479 e. The van der Waals surface area contributed by atoms with E-state index in [9.17, 15) is 9.59 Å². The number of hydrogen-bond donors (Lipinski definition) is 1. The zero-order valence-electron chi connectivity index (χ0n) is 15.4. The van der Waals surface area contributed by atoms with Gasteiger partial charge in [0.25, 0.3) is 5.91 Å². The SMILES string of the molecule is Cc1cc(C)n(CCCNC(=O)CN2C(=O)[C@@H](C)Oc3ccccc32)n1. The molecule has 0 unspecified atom stereocenters. The van der Waals surface area contributed by atoms with Crippen molar-refractivity contribution < 1.29 is 14.3 Å². The van der Waals surface area contributed by atoms with Crippen molar-refractivity contribution in [2.24, 2.45) is 0 Å². The molecule has 2 heterocycles. The van der Waals surface area contributed by atoms with E-state index in [2.05, 4.69) is 10.4 Å². The summed E-state index contributed by atoms with van der Waals surface area (Å²) in [6.45, 7) is 6.94. The van der Waals surface area contributed by atoms with Crippen molar-refractivity contribution in [2.45, 2.75) is 39.8 Å². The molecule has 138 valence electrons. The highest BCUT2D eigenvalue weighted by Gasteiger charge is 2.32. The number of ether oxygens (including phenoxy) is 1. The van der Waals surface area contributed by atoms with Gasteiger partial charge in [-0.3, -0.25) is 19.2 Å². The molecule has 0 aliphatic carbocycles. The van der Waals surface area contributed by atoms with Crippen molar-refractivity contribution >= 4 is 17.5 Å². The van der Waals surface area contributed by atoms with Gasteiger partial charge in [-0.1, -0.05) is 12.1 Å². The second-order valence-electron chi connectivity index (χ2n) is 6.51. The van der Waals surface area contributed by atoms with Crippen LogP contribution in [0.3, 0.4) is 0 Å². The molecule has 0 saturated heterocycles. The average Bonchev–Trinajstić information content (AvgIpc) is 2.93. The van der Waals surface area contributed by atoms with Crippen LogP contribution < -0.4 is 15.0 Å². The molecule has 2 aromatic rings. The van der Waals surface area contributed by atoms with Gasteiger partial charge in [-0.25, -0.2) is 0 Å². The van der Waals surface area contributed by atoms with Crippen molar-refractivity contribution in [2.75, 3.05) is 18.0 Å². The zero-order valence-corrected chi connectivity index (χ0v) is 15.4. The number of carbonyl (C=O) groups is 2. The lowest BCUT2D eigenvalue weighted by molar-refractivity contribution is -0.128. The molecule has 1 atom stereocenters. The van der Waals surface area contributed by atoms with Gasteiger partial charge in [-0.05, 0) is 45.4 Å². The number of nitrogens with zero attached hydrogens (tertiary/aromatic N) is 3. The molecule has 26 heavy (non-hydrogen) atoms. The molecular weight excluding hydrogens is 332 g/mol. The molecule has 1 aliphatic heterocycles. The summed E-state index contributed by atoms with van der Waals surface area (Å²) < 4.78 is 7.52. The number of rotatable bonds is 6. The first-order valence-electron chi connectivity index (χ1n) is 8.80. The molecule has 1 aromatic carbocycles. The lowest BCUT2D eigenvalue weighted by atomic mass is 10.2. The third-order valence-electron chi connectivity index (χ3n) is 4.35. The maximum Gasteiger partial charge on any atom is 0.268 e. The van der Waals surface area contributed by atoms with Crippen molar-refractivity contribution in [3.63, 3.8) is 0 Å². The number of nitrogens with one attached hydrogen (secondary N) is 1. The lowest BCUT2D eigenvalue weighted by Gasteiger charge is -2.32. The summed E-state index contributed by atoms with van der Waals surface area (Å²) in [5, 5.41) is 7.28. The van der Waals surface area contributed by atoms with Crippen LogP contribution in [-0.2, 0) is 16.1 Å². The topological polar surface area (TPSA) is 76.5 Å². The molecule has 1 N–H and O–H groups in total. The monoisotopic (exact) mass is 356 g/mol. The second kappa shape index (κ2) is 7.59. The standard InChI is InChI=1S/C19H24N4O3/c1-13-11-14(2)23(21-13)10-6-9-20-18(24)12-22-16-7-4-5-8-17(16)26-15(3)19(22)25/h4-5,7-8,11,15H,6,9-10,12H2,1-3H3,(H,20,24)/t15-/m1/s1. The number of aryl methyl sites for hydroxylation is 3. The third kappa shape index (κ3) is 3.87. The van der Waals surface area contributed by atoms with Crippen LogP contribution >= 0.6 is 0 Å². The number of carbonyl (C=O) groups excluding carboxylic acids is 2. The van der Waals surface area contributed by atoms with Crippen LogP contribution in [0, 0.1) is 13.8 Å². The number of hydrogen-bond acceptors (Lipinski definition) is 4. The van der Waals surface area contributed by atoms with Crippen molar-refractivity contribution in [3.8, 4) is 5.75 Å². The molecule has 0 saturated carbocycles. The Labute approximate surface area is 152 Å². The van der Waals surface area contributed by atoms with E-state index in [1.807, 2.05) is 36.7 Å². The Kier molecular flexibility index (Phi) is 5.25. The van der Waals surface area contributed by atoms with E-state index in [1.165, 1.54) is 4.90 Å². The molecule has 1 aromatic heterocycles. The normalized spacial score (nSPS) is 16.2. The molecule has 1 aliphatic rings. The Morgan fingerprint density at radius 1 is 1.31 bits per heavy atom. The van der Waals surface area contributed by atoms with Gasteiger partial charge in [0.1, 0.15) is 12.3 Å². The summed E-state index contributed by atoms with van der Waals surface area (Å²) in [5.41, 5.74) is 2.73. The highest BCUT2D eigenvalue weighted by Crippen LogP contribution is 2.33. The molecule has 0 bridgehead atoms. The number of aromatic nitrogens is 2. The Balaban J connectivity index is 1.53. The number of benzene rings is 1. The van der Waals surface area contributed by atoms with E-state index in [0.29, 0.717) is 18.0 Å². The van der Waals surface area contributed by atoms with E-state index in [0.717, 1.165) is 24.4 Å². The van der Waals surface area contributed by atoms with E-state index in [-0.39, 0.29) is 18.4 Å². The average molecular weight is 356 g/mol. The largest absolute Gasteiger partial charge is 0.479 e. The van der Waals surface area contributed by atoms with Crippen LogP contribution in [0.1, 0.15) is 24.7 Å². The van der Waals surface area contributed by atoms with Gasteiger partial charge < -0.3 is 10.1 Å².